The summed E-state index contributed by atoms with van der Waals surface area (Å²) in [6.07, 6.45) is -4.48. The van der Waals surface area contributed by atoms with Crippen LogP contribution >= 0.6 is 0 Å². The zero-order chi connectivity index (χ0) is 15.9. The van der Waals surface area contributed by atoms with E-state index in [2.05, 4.69) is 4.74 Å². The van der Waals surface area contributed by atoms with Crippen LogP contribution < -0.4 is 4.74 Å². The first-order valence-corrected chi connectivity index (χ1v) is 6.30. The van der Waals surface area contributed by atoms with E-state index in [1.54, 1.807) is 6.92 Å². The molecule has 0 aliphatic heterocycles. The summed E-state index contributed by atoms with van der Waals surface area (Å²) in [5, 5.41) is 0. The molecule has 0 atom stereocenters. The Balaban J connectivity index is 2.38. The van der Waals surface area contributed by atoms with E-state index in [-0.39, 0.29) is 37.6 Å². The van der Waals surface area contributed by atoms with E-state index in [0.29, 0.717) is 0 Å². The van der Waals surface area contributed by atoms with Crippen LogP contribution in [-0.2, 0) is 20.5 Å². The number of carbonyl (C=O) groups excluding carboxylic acids is 2. The second-order valence-electron chi connectivity index (χ2n) is 4.15. The number of ether oxygens (including phenoxy) is 2. The summed E-state index contributed by atoms with van der Waals surface area (Å²) in [7, 11) is 0. The van der Waals surface area contributed by atoms with Crippen molar-refractivity contribution < 1.29 is 32.2 Å². The largest absolute Gasteiger partial charge is 0.486 e. The topological polar surface area (TPSA) is 52.6 Å². The predicted molar refractivity (Wildman–Crippen MR) is 67.8 cm³/mol. The van der Waals surface area contributed by atoms with E-state index in [4.69, 9.17) is 4.74 Å². The zero-order valence-corrected chi connectivity index (χ0v) is 11.4. The Hall–Kier alpha value is -2.05. The summed E-state index contributed by atoms with van der Waals surface area (Å²) in [6.45, 7) is 1.60. The minimum atomic E-state index is -4.41. The number of carbonyl (C=O) groups is 2. The van der Waals surface area contributed by atoms with E-state index >= 15 is 0 Å². The van der Waals surface area contributed by atoms with Gasteiger partial charge in [0.2, 0.25) is 0 Å². The average Bonchev–Trinajstić information content (AvgIpc) is 2.43. The number of ketones is 1. The van der Waals surface area contributed by atoms with Crippen molar-refractivity contribution in [2.45, 2.75) is 25.9 Å². The SMILES string of the molecule is CCOC(=O)CCC(=O)COc1ccc(C(F)(F)F)cc1. The van der Waals surface area contributed by atoms with Gasteiger partial charge in [-0.1, -0.05) is 0 Å². The van der Waals surface area contributed by atoms with Gasteiger partial charge in [0.15, 0.2) is 5.78 Å². The van der Waals surface area contributed by atoms with Gasteiger partial charge in [0.05, 0.1) is 18.6 Å². The molecule has 0 saturated heterocycles. The molecule has 1 rings (SSSR count). The number of alkyl halides is 3. The lowest BCUT2D eigenvalue weighted by Crippen LogP contribution is -2.14. The second-order valence-corrected chi connectivity index (χ2v) is 4.15. The molecule has 0 radical (unpaired) electrons. The van der Waals surface area contributed by atoms with Crippen LogP contribution in [0.1, 0.15) is 25.3 Å². The van der Waals surface area contributed by atoms with Gasteiger partial charge < -0.3 is 9.47 Å². The van der Waals surface area contributed by atoms with Crippen LogP contribution in [0.15, 0.2) is 24.3 Å². The molecule has 0 aliphatic carbocycles. The summed E-state index contributed by atoms with van der Waals surface area (Å²) < 4.78 is 46.7. The molecule has 7 heteroatoms. The van der Waals surface area contributed by atoms with Crippen molar-refractivity contribution in [3.63, 3.8) is 0 Å². The number of hydrogen-bond donors (Lipinski definition) is 0. The maximum Gasteiger partial charge on any atom is 0.416 e. The van der Waals surface area contributed by atoms with Crippen LogP contribution in [-0.4, -0.2) is 25.0 Å². The first kappa shape index (κ1) is 17.0. The third-order valence-electron chi connectivity index (χ3n) is 2.49. The molecular weight excluding hydrogens is 289 g/mol. The number of esters is 1. The Morgan fingerprint density at radius 3 is 2.24 bits per heavy atom. The highest BCUT2D eigenvalue weighted by molar-refractivity contribution is 5.84. The quantitative estimate of drug-likeness (QED) is 0.727. The van der Waals surface area contributed by atoms with E-state index in [1.807, 2.05) is 0 Å². The van der Waals surface area contributed by atoms with Crippen molar-refractivity contribution in [3.05, 3.63) is 29.8 Å². The third-order valence-corrected chi connectivity index (χ3v) is 2.49. The fourth-order valence-electron chi connectivity index (χ4n) is 1.45. The Morgan fingerprint density at radius 2 is 1.71 bits per heavy atom. The van der Waals surface area contributed by atoms with Crippen LogP contribution in [0.25, 0.3) is 0 Å². The number of halogens is 3. The molecule has 0 bridgehead atoms. The Morgan fingerprint density at radius 1 is 1.10 bits per heavy atom. The fourth-order valence-corrected chi connectivity index (χ4v) is 1.45. The molecule has 0 aliphatic rings. The maximum atomic E-state index is 12.3. The molecular formula is C14H15F3O4. The molecule has 0 amide bonds. The van der Waals surface area contributed by atoms with Crippen molar-refractivity contribution in [1.29, 1.82) is 0 Å². The lowest BCUT2D eigenvalue weighted by atomic mass is 10.2. The van der Waals surface area contributed by atoms with E-state index in [9.17, 15) is 22.8 Å². The summed E-state index contributed by atoms with van der Waals surface area (Å²) >= 11 is 0. The van der Waals surface area contributed by atoms with Gasteiger partial charge >= 0.3 is 12.1 Å². The highest BCUT2D eigenvalue weighted by atomic mass is 19.4. The number of Topliss-reactive ketones (excluding diaryl/α,β-unsaturated/α-hetero) is 1. The monoisotopic (exact) mass is 304 g/mol. The van der Waals surface area contributed by atoms with Gasteiger partial charge in [-0.25, -0.2) is 0 Å². The lowest BCUT2D eigenvalue weighted by Gasteiger charge is -2.08. The summed E-state index contributed by atoms with van der Waals surface area (Å²) in [6, 6.07) is 4.03. The molecule has 0 unspecified atom stereocenters. The second kappa shape index (κ2) is 7.66. The molecule has 4 nitrogen and oxygen atoms in total. The van der Waals surface area contributed by atoms with Crippen LogP contribution in [0.2, 0.25) is 0 Å². The minimum Gasteiger partial charge on any atom is -0.486 e. The van der Waals surface area contributed by atoms with Crippen molar-refractivity contribution in [3.8, 4) is 5.75 Å². The van der Waals surface area contributed by atoms with Crippen molar-refractivity contribution in [2.24, 2.45) is 0 Å². The Labute approximate surface area is 119 Å². The molecule has 21 heavy (non-hydrogen) atoms. The highest BCUT2D eigenvalue weighted by Crippen LogP contribution is 2.30. The van der Waals surface area contributed by atoms with Crippen molar-refractivity contribution >= 4 is 11.8 Å². The van der Waals surface area contributed by atoms with Crippen molar-refractivity contribution in [2.75, 3.05) is 13.2 Å². The molecule has 0 fully saturated rings. The summed E-state index contributed by atoms with van der Waals surface area (Å²) in [5.74, 6) is -0.643. The van der Waals surface area contributed by atoms with Gasteiger partial charge in [0, 0.05) is 6.42 Å². The van der Waals surface area contributed by atoms with Gasteiger partial charge in [-0.3, -0.25) is 9.59 Å². The smallest absolute Gasteiger partial charge is 0.416 e. The minimum absolute atomic E-state index is 0.0283. The molecule has 0 saturated carbocycles. The van der Waals surface area contributed by atoms with Crippen molar-refractivity contribution in [1.82, 2.24) is 0 Å². The van der Waals surface area contributed by atoms with E-state index in [1.165, 1.54) is 0 Å². The number of rotatable bonds is 7. The van der Waals surface area contributed by atoms with Crippen LogP contribution in [0.3, 0.4) is 0 Å². The first-order valence-electron chi connectivity index (χ1n) is 6.30. The highest BCUT2D eigenvalue weighted by Gasteiger charge is 2.30. The molecule has 0 heterocycles. The fraction of sp³-hybridized carbons (Fsp3) is 0.429. The number of hydrogen-bond acceptors (Lipinski definition) is 4. The van der Waals surface area contributed by atoms with Gasteiger partial charge in [0.1, 0.15) is 12.4 Å². The molecule has 1 aromatic carbocycles. The molecule has 116 valence electrons. The maximum absolute atomic E-state index is 12.3. The molecule has 1 aromatic rings. The molecule has 0 spiro atoms. The first-order chi connectivity index (χ1) is 9.82. The van der Waals surface area contributed by atoms with E-state index in [0.717, 1.165) is 24.3 Å². The van der Waals surface area contributed by atoms with Gasteiger partial charge in [0.25, 0.3) is 0 Å². The summed E-state index contributed by atoms with van der Waals surface area (Å²) in [5.41, 5.74) is -0.788. The molecule has 0 N–H and O–H groups in total. The Kier molecular flexibility index (Phi) is 6.20. The predicted octanol–water partition coefficient (Wildman–Crippen LogP) is 3.00. The van der Waals surface area contributed by atoms with Crippen LogP contribution in [0.5, 0.6) is 5.75 Å². The zero-order valence-electron chi connectivity index (χ0n) is 11.4. The van der Waals surface area contributed by atoms with Gasteiger partial charge in [-0.2, -0.15) is 13.2 Å². The summed E-state index contributed by atoms with van der Waals surface area (Å²) in [4.78, 5) is 22.5. The average molecular weight is 304 g/mol. The Bertz CT molecular complexity index is 480. The van der Waals surface area contributed by atoms with Gasteiger partial charge in [-0.15, -0.1) is 0 Å². The molecule has 0 aromatic heterocycles. The number of benzene rings is 1. The lowest BCUT2D eigenvalue weighted by molar-refractivity contribution is -0.144. The normalized spacial score (nSPS) is 11.0. The van der Waals surface area contributed by atoms with Crippen LogP contribution in [0.4, 0.5) is 13.2 Å². The van der Waals surface area contributed by atoms with Crippen LogP contribution in [0, 0.1) is 0 Å². The standard InChI is InChI=1S/C14H15F3O4/c1-2-20-13(19)8-5-11(18)9-21-12-6-3-10(4-7-12)14(15,16)17/h3-4,6-7H,2,5,8-9H2,1H3. The van der Waals surface area contributed by atoms with Gasteiger partial charge in [-0.05, 0) is 31.2 Å². The third kappa shape index (κ3) is 6.29. The van der Waals surface area contributed by atoms with E-state index < -0.39 is 17.7 Å².